The summed E-state index contributed by atoms with van der Waals surface area (Å²) >= 11 is 0. The SMILES string of the molecule is COC(=O)C1CN1[C@@H](CC(C)C)C(=O)OCc1ccccc1. The lowest BCUT2D eigenvalue weighted by molar-refractivity contribution is -0.150. The lowest BCUT2D eigenvalue weighted by atomic mass is 10.0. The van der Waals surface area contributed by atoms with E-state index in [1.807, 2.05) is 49.1 Å². The number of esters is 2. The number of carbonyl (C=O) groups excluding carboxylic acids is 2. The van der Waals surface area contributed by atoms with Gasteiger partial charge in [0, 0.05) is 6.54 Å². The van der Waals surface area contributed by atoms with Crippen LogP contribution in [0.2, 0.25) is 0 Å². The van der Waals surface area contributed by atoms with Crippen LogP contribution in [0.4, 0.5) is 0 Å². The quantitative estimate of drug-likeness (QED) is 0.570. The molecular weight excluding hydrogens is 282 g/mol. The van der Waals surface area contributed by atoms with Gasteiger partial charge in [0.25, 0.3) is 0 Å². The highest BCUT2D eigenvalue weighted by molar-refractivity contribution is 5.83. The predicted octanol–water partition coefficient (Wildman–Crippen LogP) is 2.00. The monoisotopic (exact) mass is 305 g/mol. The molecule has 0 N–H and O–H groups in total. The number of ether oxygens (including phenoxy) is 2. The van der Waals surface area contributed by atoms with Crippen LogP contribution in [0.5, 0.6) is 0 Å². The van der Waals surface area contributed by atoms with E-state index in [0.29, 0.717) is 18.9 Å². The molecule has 2 rings (SSSR count). The molecule has 0 aliphatic carbocycles. The molecule has 0 radical (unpaired) electrons. The first kappa shape index (κ1) is 16.5. The van der Waals surface area contributed by atoms with Gasteiger partial charge in [-0.15, -0.1) is 0 Å². The van der Waals surface area contributed by atoms with Gasteiger partial charge in [-0.2, -0.15) is 0 Å². The highest BCUT2D eigenvalue weighted by Crippen LogP contribution is 2.27. The standard InChI is InChI=1S/C17H23NO4/c1-12(2)9-14(18-10-15(18)16(19)21-3)17(20)22-11-13-7-5-4-6-8-13/h4-8,12,14-15H,9-11H2,1-3H3/t14-,15?,18?/m0/s1. The lowest BCUT2D eigenvalue weighted by Gasteiger charge is -2.19. The Kier molecular flexibility index (Phi) is 5.55. The number of carbonyl (C=O) groups is 2. The van der Waals surface area contributed by atoms with Crippen molar-refractivity contribution in [2.75, 3.05) is 13.7 Å². The van der Waals surface area contributed by atoms with Crippen LogP contribution in [0.1, 0.15) is 25.8 Å². The summed E-state index contributed by atoms with van der Waals surface area (Å²) < 4.78 is 10.2. The van der Waals surface area contributed by atoms with E-state index in [4.69, 9.17) is 9.47 Å². The Morgan fingerprint density at radius 2 is 1.95 bits per heavy atom. The van der Waals surface area contributed by atoms with Crippen LogP contribution >= 0.6 is 0 Å². The Bertz CT molecular complexity index is 515. The van der Waals surface area contributed by atoms with Crippen molar-refractivity contribution in [2.45, 2.75) is 39.0 Å². The van der Waals surface area contributed by atoms with Crippen molar-refractivity contribution in [3.63, 3.8) is 0 Å². The smallest absolute Gasteiger partial charge is 0.324 e. The zero-order valence-corrected chi connectivity index (χ0v) is 13.3. The Balaban J connectivity index is 1.94. The molecule has 3 atom stereocenters. The van der Waals surface area contributed by atoms with Crippen LogP contribution < -0.4 is 0 Å². The minimum absolute atomic E-state index is 0.255. The summed E-state index contributed by atoms with van der Waals surface area (Å²) in [7, 11) is 1.37. The van der Waals surface area contributed by atoms with E-state index in [0.717, 1.165) is 5.56 Å². The van der Waals surface area contributed by atoms with E-state index < -0.39 is 0 Å². The fraction of sp³-hybridized carbons (Fsp3) is 0.529. The number of rotatable bonds is 7. The molecule has 2 unspecified atom stereocenters. The molecular formula is C17H23NO4. The first-order chi connectivity index (χ1) is 10.5. The summed E-state index contributed by atoms with van der Waals surface area (Å²) in [6.45, 7) is 4.91. The molecule has 0 amide bonds. The van der Waals surface area contributed by atoms with Crippen molar-refractivity contribution in [1.29, 1.82) is 0 Å². The molecule has 1 heterocycles. The van der Waals surface area contributed by atoms with Crippen LogP contribution in [-0.2, 0) is 25.7 Å². The molecule has 1 aromatic carbocycles. The van der Waals surface area contributed by atoms with Gasteiger partial charge in [0.1, 0.15) is 18.7 Å². The highest BCUT2D eigenvalue weighted by Gasteiger charge is 2.48. The Labute approximate surface area is 131 Å². The topological polar surface area (TPSA) is 55.6 Å². The third-order valence-electron chi connectivity index (χ3n) is 3.71. The second-order valence-corrected chi connectivity index (χ2v) is 5.97. The molecule has 1 aliphatic rings. The average molecular weight is 305 g/mol. The summed E-state index contributed by atoms with van der Waals surface area (Å²) in [6, 6.07) is 8.88. The van der Waals surface area contributed by atoms with E-state index >= 15 is 0 Å². The van der Waals surface area contributed by atoms with E-state index in [1.54, 1.807) is 0 Å². The van der Waals surface area contributed by atoms with Crippen molar-refractivity contribution in [2.24, 2.45) is 5.92 Å². The van der Waals surface area contributed by atoms with Crippen LogP contribution in [0, 0.1) is 5.92 Å². The molecule has 1 aromatic rings. The first-order valence-corrected chi connectivity index (χ1v) is 7.57. The van der Waals surface area contributed by atoms with Gasteiger partial charge < -0.3 is 9.47 Å². The number of hydrogen-bond acceptors (Lipinski definition) is 5. The maximum absolute atomic E-state index is 12.4. The van der Waals surface area contributed by atoms with Crippen LogP contribution in [0.25, 0.3) is 0 Å². The van der Waals surface area contributed by atoms with E-state index in [1.165, 1.54) is 7.11 Å². The summed E-state index contributed by atoms with van der Waals surface area (Å²) in [5.74, 6) is -0.221. The third kappa shape index (κ3) is 4.31. The van der Waals surface area contributed by atoms with Crippen LogP contribution in [0.3, 0.4) is 0 Å². The second-order valence-electron chi connectivity index (χ2n) is 5.97. The van der Waals surface area contributed by atoms with Gasteiger partial charge in [-0.25, -0.2) is 0 Å². The lowest BCUT2D eigenvalue weighted by Crippen LogP contribution is -2.35. The molecule has 120 valence electrons. The molecule has 5 heteroatoms. The van der Waals surface area contributed by atoms with Crippen LogP contribution in [0.15, 0.2) is 30.3 Å². The predicted molar refractivity (Wildman–Crippen MR) is 82.0 cm³/mol. The number of methoxy groups -OCH3 is 1. The zero-order valence-electron chi connectivity index (χ0n) is 13.3. The number of nitrogens with zero attached hydrogens (tertiary/aromatic N) is 1. The fourth-order valence-electron chi connectivity index (χ4n) is 2.48. The van der Waals surface area contributed by atoms with Gasteiger partial charge in [0.05, 0.1) is 7.11 Å². The third-order valence-corrected chi connectivity index (χ3v) is 3.71. The highest BCUT2D eigenvalue weighted by atomic mass is 16.5. The Hall–Kier alpha value is -1.88. The van der Waals surface area contributed by atoms with Gasteiger partial charge >= 0.3 is 11.9 Å². The van der Waals surface area contributed by atoms with Crippen molar-refractivity contribution < 1.29 is 19.1 Å². The molecule has 1 aliphatic heterocycles. The molecule has 1 fully saturated rings. The molecule has 0 aromatic heterocycles. The summed E-state index contributed by atoms with van der Waals surface area (Å²) in [6.07, 6.45) is 0.668. The number of hydrogen-bond donors (Lipinski definition) is 0. The van der Waals surface area contributed by atoms with E-state index in [-0.39, 0.29) is 30.6 Å². The summed E-state index contributed by atoms with van der Waals surface area (Å²) in [5, 5.41) is 0. The largest absolute Gasteiger partial charge is 0.468 e. The molecule has 0 saturated carbocycles. The zero-order chi connectivity index (χ0) is 16.1. The molecule has 1 saturated heterocycles. The fourth-order valence-corrected chi connectivity index (χ4v) is 2.48. The van der Waals surface area contributed by atoms with Gasteiger partial charge in [0.15, 0.2) is 0 Å². The molecule has 22 heavy (non-hydrogen) atoms. The van der Waals surface area contributed by atoms with Crippen molar-refractivity contribution in [3.8, 4) is 0 Å². The van der Waals surface area contributed by atoms with E-state index in [2.05, 4.69) is 0 Å². The first-order valence-electron chi connectivity index (χ1n) is 7.57. The van der Waals surface area contributed by atoms with Crippen molar-refractivity contribution in [3.05, 3.63) is 35.9 Å². The number of benzene rings is 1. The molecule has 0 bridgehead atoms. The van der Waals surface area contributed by atoms with Crippen LogP contribution in [-0.4, -0.2) is 42.6 Å². The van der Waals surface area contributed by atoms with Gasteiger partial charge in [-0.1, -0.05) is 44.2 Å². The molecule has 0 spiro atoms. The van der Waals surface area contributed by atoms with Gasteiger partial charge in [-0.3, -0.25) is 14.5 Å². The minimum Gasteiger partial charge on any atom is -0.468 e. The van der Waals surface area contributed by atoms with Crippen molar-refractivity contribution >= 4 is 11.9 Å². The minimum atomic E-state index is -0.382. The molecule has 5 nitrogen and oxygen atoms in total. The summed E-state index contributed by atoms with van der Waals surface area (Å²) in [4.78, 5) is 25.8. The van der Waals surface area contributed by atoms with Crippen molar-refractivity contribution in [1.82, 2.24) is 4.90 Å². The maximum atomic E-state index is 12.4. The van der Waals surface area contributed by atoms with Gasteiger partial charge in [-0.05, 0) is 17.9 Å². The normalized spacial score (nSPS) is 21.3. The summed E-state index contributed by atoms with van der Waals surface area (Å²) in [5.41, 5.74) is 0.953. The Morgan fingerprint density at radius 3 is 2.55 bits per heavy atom. The van der Waals surface area contributed by atoms with E-state index in [9.17, 15) is 9.59 Å². The Morgan fingerprint density at radius 1 is 1.27 bits per heavy atom. The average Bonchev–Trinajstić information content (AvgIpc) is 3.30. The van der Waals surface area contributed by atoms with Gasteiger partial charge in [0.2, 0.25) is 0 Å². The second kappa shape index (κ2) is 7.40. The maximum Gasteiger partial charge on any atom is 0.324 e.